The average Bonchev–Trinajstić information content (AvgIpc) is 2.93. The van der Waals surface area contributed by atoms with Crippen molar-refractivity contribution in [3.05, 3.63) is 35.4 Å². The summed E-state index contributed by atoms with van der Waals surface area (Å²) in [5.41, 5.74) is 2.12. The van der Waals surface area contributed by atoms with Crippen molar-refractivity contribution in [2.24, 2.45) is 5.92 Å². The van der Waals surface area contributed by atoms with E-state index in [2.05, 4.69) is 0 Å². The molecule has 3 nitrogen and oxygen atoms in total. The van der Waals surface area contributed by atoms with Gasteiger partial charge < -0.3 is 4.74 Å². The third-order valence-corrected chi connectivity index (χ3v) is 3.95. The van der Waals surface area contributed by atoms with Crippen LogP contribution in [0.25, 0.3) is 0 Å². The number of esters is 1. The molecule has 0 bridgehead atoms. The maximum absolute atomic E-state index is 11.6. The quantitative estimate of drug-likeness (QED) is 0.790. The van der Waals surface area contributed by atoms with Crippen LogP contribution in [0.4, 0.5) is 0 Å². The highest BCUT2D eigenvalue weighted by Crippen LogP contribution is 2.26. The van der Waals surface area contributed by atoms with Crippen molar-refractivity contribution in [2.45, 2.75) is 52.4 Å². The third kappa shape index (κ3) is 4.69. The summed E-state index contributed by atoms with van der Waals surface area (Å²) in [5, 5.41) is 0. The van der Waals surface area contributed by atoms with Gasteiger partial charge in [0.05, 0.1) is 13.0 Å². The standard InChI is InChI=1S/C16H20O3.C2H6/c1-11(16(18)19-2)13-8-6-12(7-9-13)10-14-4-3-5-15(14)17;1-2/h6-9,11,14H,3-5,10H2,1-2H3;1-2H3. The maximum Gasteiger partial charge on any atom is 0.312 e. The van der Waals surface area contributed by atoms with Crippen LogP contribution in [-0.4, -0.2) is 18.9 Å². The van der Waals surface area contributed by atoms with Gasteiger partial charge in [-0.3, -0.25) is 9.59 Å². The van der Waals surface area contributed by atoms with Gasteiger partial charge >= 0.3 is 5.97 Å². The van der Waals surface area contributed by atoms with Crippen LogP contribution < -0.4 is 0 Å². The molecule has 0 saturated heterocycles. The van der Waals surface area contributed by atoms with E-state index in [1.807, 2.05) is 45.0 Å². The zero-order valence-corrected chi connectivity index (χ0v) is 13.5. The molecule has 0 aliphatic heterocycles. The molecule has 0 N–H and O–H groups in total. The first-order valence-corrected chi connectivity index (χ1v) is 7.81. The van der Waals surface area contributed by atoms with E-state index in [0.29, 0.717) is 5.78 Å². The van der Waals surface area contributed by atoms with E-state index in [4.69, 9.17) is 4.74 Å². The molecule has 0 spiro atoms. The molecule has 2 rings (SSSR count). The molecule has 0 amide bonds. The second kappa shape index (κ2) is 8.60. The van der Waals surface area contributed by atoms with Crippen LogP contribution >= 0.6 is 0 Å². The van der Waals surface area contributed by atoms with Crippen molar-refractivity contribution in [1.29, 1.82) is 0 Å². The van der Waals surface area contributed by atoms with Crippen LogP contribution in [0.3, 0.4) is 0 Å². The Morgan fingerprint density at radius 2 is 1.90 bits per heavy atom. The second-order valence-corrected chi connectivity index (χ2v) is 5.25. The van der Waals surface area contributed by atoms with Gasteiger partial charge in [0, 0.05) is 12.3 Å². The summed E-state index contributed by atoms with van der Waals surface area (Å²) in [4.78, 5) is 23.1. The molecule has 1 aliphatic carbocycles. The number of Topliss-reactive ketones (excluding diaryl/α,β-unsaturated/α-hetero) is 1. The van der Waals surface area contributed by atoms with E-state index in [-0.39, 0.29) is 17.8 Å². The summed E-state index contributed by atoms with van der Waals surface area (Å²) < 4.78 is 4.73. The van der Waals surface area contributed by atoms with E-state index < -0.39 is 0 Å². The fourth-order valence-corrected chi connectivity index (χ4v) is 2.64. The van der Waals surface area contributed by atoms with Gasteiger partial charge in [-0.05, 0) is 37.3 Å². The highest BCUT2D eigenvalue weighted by Gasteiger charge is 2.24. The predicted molar refractivity (Wildman–Crippen MR) is 84.3 cm³/mol. The molecule has 116 valence electrons. The van der Waals surface area contributed by atoms with Crippen LogP contribution in [0.5, 0.6) is 0 Å². The van der Waals surface area contributed by atoms with E-state index >= 15 is 0 Å². The highest BCUT2D eigenvalue weighted by atomic mass is 16.5. The summed E-state index contributed by atoms with van der Waals surface area (Å²) >= 11 is 0. The molecule has 0 radical (unpaired) electrons. The van der Waals surface area contributed by atoms with Crippen molar-refractivity contribution >= 4 is 11.8 Å². The molecule has 1 fully saturated rings. The first-order valence-electron chi connectivity index (χ1n) is 7.81. The molecule has 1 aliphatic rings. The summed E-state index contributed by atoms with van der Waals surface area (Å²) in [6, 6.07) is 7.94. The minimum atomic E-state index is -0.243. The molecule has 0 aromatic heterocycles. The monoisotopic (exact) mass is 290 g/mol. The average molecular weight is 290 g/mol. The number of ketones is 1. The van der Waals surface area contributed by atoms with E-state index in [1.165, 1.54) is 12.7 Å². The minimum absolute atomic E-state index is 0.198. The smallest absolute Gasteiger partial charge is 0.312 e. The van der Waals surface area contributed by atoms with Crippen LogP contribution in [0, 0.1) is 5.92 Å². The summed E-state index contributed by atoms with van der Waals surface area (Å²) in [5.74, 6) is 0.127. The molecule has 2 atom stereocenters. The highest BCUT2D eigenvalue weighted by molar-refractivity contribution is 5.83. The summed E-state index contributed by atoms with van der Waals surface area (Å²) in [6.07, 6.45) is 3.61. The number of carbonyl (C=O) groups is 2. The first kappa shape index (κ1) is 17.4. The zero-order valence-electron chi connectivity index (χ0n) is 13.5. The summed E-state index contributed by atoms with van der Waals surface area (Å²) in [7, 11) is 1.40. The van der Waals surface area contributed by atoms with Gasteiger partial charge in [-0.2, -0.15) is 0 Å². The van der Waals surface area contributed by atoms with Gasteiger partial charge in [-0.25, -0.2) is 0 Å². The van der Waals surface area contributed by atoms with Gasteiger partial charge in [-0.1, -0.05) is 38.1 Å². The van der Waals surface area contributed by atoms with Crippen LogP contribution in [-0.2, 0) is 20.7 Å². The van der Waals surface area contributed by atoms with Crippen molar-refractivity contribution < 1.29 is 14.3 Å². The third-order valence-electron chi connectivity index (χ3n) is 3.95. The number of benzene rings is 1. The number of carbonyl (C=O) groups excluding carboxylic acids is 2. The molecule has 1 aromatic rings. The molecule has 3 heteroatoms. The minimum Gasteiger partial charge on any atom is -0.469 e. The second-order valence-electron chi connectivity index (χ2n) is 5.25. The molecule has 1 saturated carbocycles. The Morgan fingerprint density at radius 3 is 2.38 bits per heavy atom. The largest absolute Gasteiger partial charge is 0.469 e. The van der Waals surface area contributed by atoms with Crippen molar-refractivity contribution in [1.82, 2.24) is 0 Å². The van der Waals surface area contributed by atoms with Crippen LogP contribution in [0.1, 0.15) is 57.1 Å². The van der Waals surface area contributed by atoms with Gasteiger partial charge in [0.25, 0.3) is 0 Å². The lowest BCUT2D eigenvalue weighted by atomic mass is 9.94. The Labute approximate surface area is 127 Å². The van der Waals surface area contributed by atoms with Gasteiger partial charge in [-0.15, -0.1) is 0 Å². The van der Waals surface area contributed by atoms with E-state index in [0.717, 1.165) is 31.2 Å². The van der Waals surface area contributed by atoms with Crippen molar-refractivity contribution in [3.8, 4) is 0 Å². The molecular weight excluding hydrogens is 264 g/mol. The normalized spacial score (nSPS) is 18.7. The number of ether oxygens (including phenoxy) is 1. The number of hydrogen-bond donors (Lipinski definition) is 0. The van der Waals surface area contributed by atoms with Gasteiger partial charge in [0.2, 0.25) is 0 Å². The Balaban J connectivity index is 0.00000106. The Kier molecular flexibility index (Phi) is 7.13. The Bertz CT molecular complexity index is 462. The fraction of sp³-hybridized carbons (Fsp3) is 0.556. The lowest BCUT2D eigenvalue weighted by molar-refractivity contribution is -0.142. The SMILES string of the molecule is CC.COC(=O)C(C)c1ccc(CC2CCCC2=O)cc1. The van der Waals surface area contributed by atoms with Crippen LogP contribution in [0.2, 0.25) is 0 Å². The van der Waals surface area contributed by atoms with E-state index in [1.54, 1.807) is 0 Å². The van der Waals surface area contributed by atoms with Gasteiger partial charge in [0.15, 0.2) is 0 Å². The molecule has 1 aromatic carbocycles. The molecule has 0 heterocycles. The van der Waals surface area contributed by atoms with Crippen LogP contribution in [0.15, 0.2) is 24.3 Å². The number of methoxy groups -OCH3 is 1. The lowest BCUT2D eigenvalue weighted by Gasteiger charge is -2.11. The Hall–Kier alpha value is -1.64. The van der Waals surface area contributed by atoms with Crippen molar-refractivity contribution in [2.75, 3.05) is 7.11 Å². The Morgan fingerprint density at radius 1 is 1.29 bits per heavy atom. The zero-order chi connectivity index (χ0) is 15.8. The number of hydrogen-bond acceptors (Lipinski definition) is 3. The van der Waals surface area contributed by atoms with Crippen molar-refractivity contribution in [3.63, 3.8) is 0 Å². The van der Waals surface area contributed by atoms with E-state index in [9.17, 15) is 9.59 Å². The first-order chi connectivity index (χ1) is 10.1. The van der Waals surface area contributed by atoms with Gasteiger partial charge in [0.1, 0.15) is 5.78 Å². The molecular formula is C18H26O3. The lowest BCUT2D eigenvalue weighted by Crippen LogP contribution is -2.11. The fourth-order valence-electron chi connectivity index (χ4n) is 2.64. The maximum atomic E-state index is 11.6. The predicted octanol–water partition coefficient (Wildman–Crippen LogP) is 3.90. The number of rotatable bonds is 4. The topological polar surface area (TPSA) is 43.4 Å². The summed E-state index contributed by atoms with van der Waals surface area (Å²) in [6.45, 7) is 5.83. The molecule has 21 heavy (non-hydrogen) atoms. The molecule has 2 unspecified atom stereocenters.